The normalized spacial score (nSPS) is 11.1. The molecule has 0 aliphatic carbocycles. The van der Waals surface area contributed by atoms with E-state index < -0.39 is 0 Å². The summed E-state index contributed by atoms with van der Waals surface area (Å²) in [5.74, 6) is 0.102. The van der Waals surface area contributed by atoms with Gasteiger partial charge in [0.2, 0.25) is 0 Å². The van der Waals surface area contributed by atoms with E-state index >= 15 is 0 Å². The lowest BCUT2D eigenvalue weighted by atomic mass is 10.1. The van der Waals surface area contributed by atoms with Gasteiger partial charge >= 0.3 is 0 Å². The van der Waals surface area contributed by atoms with Crippen molar-refractivity contribution in [3.63, 3.8) is 0 Å². The molecule has 0 unspecified atom stereocenters. The van der Waals surface area contributed by atoms with Gasteiger partial charge in [-0.1, -0.05) is 39.1 Å². The molecule has 0 aliphatic rings. The SMILES string of the molecule is O=c1cc(-c2cc(Cl)c(O)c(Cl)c2)oc2c(Br)cc(Br)cc12. The third kappa shape index (κ3) is 2.78. The highest BCUT2D eigenvalue weighted by molar-refractivity contribution is 9.11. The predicted molar refractivity (Wildman–Crippen MR) is 95.0 cm³/mol. The van der Waals surface area contributed by atoms with Gasteiger partial charge in [-0.05, 0) is 40.2 Å². The average molecular weight is 465 g/mol. The summed E-state index contributed by atoms with van der Waals surface area (Å²) in [5, 5.41) is 10.2. The quantitative estimate of drug-likeness (QED) is 0.480. The summed E-state index contributed by atoms with van der Waals surface area (Å²) < 4.78 is 7.21. The second kappa shape index (κ2) is 5.89. The Kier molecular flexibility index (Phi) is 4.25. The van der Waals surface area contributed by atoms with Crippen molar-refractivity contribution >= 4 is 66.0 Å². The van der Waals surface area contributed by atoms with Crippen LogP contribution in [0.3, 0.4) is 0 Å². The van der Waals surface area contributed by atoms with E-state index in [1.807, 2.05) is 0 Å². The minimum Gasteiger partial charge on any atom is -0.505 e. The third-order valence-corrected chi connectivity index (χ3v) is 4.67. The highest BCUT2D eigenvalue weighted by Gasteiger charge is 2.14. The fourth-order valence-electron chi connectivity index (χ4n) is 2.03. The van der Waals surface area contributed by atoms with Crippen LogP contribution >= 0.6 is 55.1 Å². The number of halogens is 4. The van der Waals surface area contributed by atoms with E-state index in [0.29, 0.717) is 26.8 Å². The van der Waals surface area contributed by atoms with Gasteiger partial charge in [-0.3, -0.25) is 4.79 Å². The molecule has 0 radical (unpaired) electrons. The van der Waals surface area contributed by atoms with Crippen LogP contribution in [0.4, 0.5) is 0 Å². The van der Waals surface area contributed by atoms with E-state index in [0.717, 1.165) is 4.47 Å². The van der Waals surface area contributed by atoms with Crippen LogP contribution in [0, 0.1) is 0 Å². The van der Waals surface area contributed by atoms with E-state index in [2.05, 4.69) is 31.9 Å². The largest absolute Gasteiger partial charge is 0.505 e. The van der Waals surface area contributed by atoms with E-state index in [9.17, 15) is 9.90 Å². The monoisotopic (exact) mass is 462 g/mol. The average Bonchev–Trinajstić information content (AvgIpc) is 2.45. The summed E-state index contributed by atoms with van der Waals surface area (Å²) in [6.45, 7) is 0. The van der Waals surface area contributed by atoms with Gasteiger partial charge < -0.3 is 9.52 Å². The van der Waals surface area contributed by atoms with Gasteiger partial charge in [-0.25, -0.2) is 0 Å². The maximum atomic E-state index is 12.3. The Labute approximate surface area is 151 Å². The number of phenols is 1. The maximum Gasteiger partial charge on any atom is 0.193 e. The number of phenolic OH excluding ortho intramolecular Hbond substituents is 1. The summed E-state index contributed by atoms with van der Waals surface area (Å²) in [6, 6.07) is 7.80. The highest BCUT2D eigenvalue weighted by Crippen LogP contribution is 2.37. The van der Waals surface area contributed by atoms with Crippen LogP contribution in [0.5, 0.6) is 5.75 Å². The van der Waals surface area contributed by atoms with Gasteiger partial charge in [0.1, 0.15) is 5.76 Å². The van der Waals surface area contributed by atoms with Crippen LogP contribution in [0.15, 0.2) is 48.5 Å². The Balaban J connectivity index is 2.31. The van der Waals surface area contributed by atoms with Crippen LogP contribution in [0.25, 0.3) is 22.3 Å². The van der Waals surface area contributed by atoms with Gasteiger partial charge in [0, 0.05) is 16.1 Å². The minimum atomic E-state index is -0.208. The van der Waals surface area contributed by atoms with Crippen molar-refractivity contribution in [2.45, 2.75) is 0 Å². The number of rotatable bonds is 1. The number of benzene rings is 2. The van der Waals surface area contributed by atoms with E-state index in [-0.39, 0.29) is 21.2 Å². The number of fused-ring (bicyclic) bond motifs is 1. The van der Waals surface area contributed by atoms with Crippen molar-refractivity contribution < 1.29 is 9.52 Å². The van der Waals surface area contributed by atoms with Crippen molar-refractivity contribution in [2.75, 3.05) is 0 Å². The summed E-state index contributed by atoms with van der Waals surface area (Å²) >= 11 is 18.5. The molecule has 0 fully saturated rings. The summed E-state index contributed by atoms with van der Waals surface area (Å²) in [6.07, 6.45) is 0. The smallest absolute Gasteiger partial charge is 0.193 e. The first-order chi connectivity index (χ1) is 10.4. The molecule has 7 heteroatoms. The van der Waals surface area contributed by atoms with Gasteiger partial charge in [-0.2, -0.15) is 0 Å². The lowest BCUT2D eigenvalue weighted by Crippen LogP contribution is -2.00. The second-order valence-electron chi connectivity index (χ2n) is 4.53. The van der Waals surface area contributed by atoms with E-state index in [4.69, 9.17) is 27.6 Å². The van der Waals surface area contributed by atoms with Gasteiger partial charge in [0.25, 0.3) is 0 Å². The molecule has 0 aliphatic heterocycles. The third-order valence-electron chi connectivity index (χ3n) is 3.05. The maximum absolute atomic E-state index is 12.3. The standard InChI is InChI=1S/C15H6Br2Cl2O3/c16-7-3-8-12(20)5-13(22-15(8)9(17)4-7)6-1-10(18)14(21)11(19)2-6/h1-5,21H. The van der Waals surface area contributed by atoms with Crippen molar-refractivity contribution in [2.24, 2.45) is 0 Å². The summed E-state index contributed by atoms with van der Waals surface area (Å²) in [5.41, 5.74) is 0.728. The lowest BCUT2D eigenvalue weighted by molar-refractivity contribution is 0.476. The Morgan fingerprint density at radius 3 is 2.27 bits per heavy atom. The molecule has 0 amide bonds. The molecule has 0 bridgehead atoms. The van der Waals surface area contributed by atoms with Crippen molar-refractivity contribution in [1.82, 2.24) is 0 Å². The van der Waals surface area contributed by atoms with Crippen molar-refractivity contribution in [3.8, 4) is 17.1 Å². The second-order valence-corrected chi connectivity index (χ2v) is 7.11. The van der Waals surface area contributed by atoms with Gasteiger partial charge in [0.05, 0.1) is 19.9 Å². The lowest BCUT2D eigenvalue weighted by Gasteiger charge is -2.07. The first-order valence-corrected chi connectivity index (χ1v) is 8.32. The molecular weight excluding hydrogens is 459 g/mol. The van der Waals surface area contributed by atoms with E-state index in [1.54, 1.807) is 12.1 Å². The molecule has 0 atom stereocenters. The summed E-state index contributed by atoms with van der Waals surface area (Å²) in [7, 11) is 0. The number of hydrogen-bond donors (Lipinski definition) is 1. The zero-order valence-electron chi connectivity index (χ0n) is 10.7. The summed E-state index contributed by atoms with van der Waals surface area (Å²) in [4.78, 5) is 12.3. The fourth-order valence-corrected chi connectivity index (χ4v) is 3.83. The number of aromatic hydroxyl groups is 1. The van der Waals surface area contributed by atoms with Crippen LogP contribution < -0.4 is 5.43 Å². The Morgan fingerprint density at radius 1 is 1.00 bits per heavy atom. The topological polar surface area (TPSA) is 50.4 Å². The van der Waals surface area contributed by atoms with Crippen LogP contribution in [-0.2, 0) is 0 Å². The molecule has 112 valence electrons. The Bertz CT molecular complexity index is 944. The first-order valence-electron chi connectivity index (χ1n) is 5.98. The predicted octanol–water partition coefficient (Wildman–Crippen LogP) is 6.00. The Hall–Kier alpha value is -1.01. The van der Waals surface area contributed by atoms with Crippen molar-refractivity contribution in [1.29, 1.82) is 0 Å². The fraction of sp³-hybridized carbons (Fsp3) is 0. The van der Waals surface area contributed by atoms with E-state index in [1.165, 1.54) is 18.2 Å². The highest BCUT2D eigenvalue weighted by atomic mass is 79.9. The molecule has 22 heavy (non-hydrogen) atoms. The molecule has 3 nitrogen and oxygen atoms in total. The molecule has 3 rings (SSSR count). The molecule has 1 heterocycles. The molecule has 0 saturated carbocycles. The van der Waals surface area contributed by atoms with Crippen LogP contribution in [0.2, 0.25) is 10.0 Å². The molecule has 0 saturated heterocycles. The first kappa shape index (κ1) is 15.9. The van der Waals surface area contributed by atoms with Crippen LogP contribution in [0.1, 0.15) is 0 Å². The van der Waals surface area contributed by atoms with Gasteiger partial charge in [0.15, 0.2) is 16.8 Å². The number of hydrogen-bond acceptors (Lipinski definition) is 3. The van der Waals surface area contributed by atoms with Crippen molar-refractivity contribution in [3.05, 3.63) is 59.5 Å². The molecular formula is C15H6Br2Cl2O3. The minimum absolute atomic E-state index is 0.0834. The molecule has 1 N–H and O–H groups in total. The molecule has 3 aromatic rings. The molecule has 0 spiro atoms. The van der Waals surface area contributed by atoms with Crippen LogP contribution in [-0.4, -0.2) is 5.11 Å². The van der Waals surface area contributed by atoms with Gasteiger partial charge in [-0.15, -0.1) is 0 Å². The zero-order valence-corrected chi connectivity index (χ0v) is 15.3. The zero-order chi connectivity index (χ0) is 16.0. The molecule has 2 aromatic carbocycles. The Morgan fingerprint density at radius 2 is 1.64 bits per heavy atom. The molecule has 1 aromatic heterocycles.